The normalized spacial score (nSPS) is 13.6. The molecule has 1 aliphatic heterocycles. The monoisotopic (exact) mass is 416 g/mol. The van der Waals surface area contributed by atoms with E-state index in [2.05, 4.69) is 25.5 Å². The number of carbonyl (C=O) groups excluding carboxylic acids is 1. The van der Waals surface area contributed by atoms with Crippen LogP contribution in [0.25, 0.3) is 0 Å². The van der Waals surface area contributed by atoms with Crippen LogP contribution >= 0.6 is 0 Å². The average molecular weight is 417 g/mol. The van der Waals surface area contributed by atoms with Crippen molar-refractivity contribution in [3.05, 3.63) is 77.9 Å². The summed E-state index contributed by atoms with van der Waals surface area (Å²) in [7, 11) is 0. The van der Waals surface area contributed by atoms with Crippen LogP contribution in [0.4, 0.5) is 11.6 Å². The molecule has 0 saturated carbocycles. The lowest BCUT2D eigenvalue weighted by molar-refractivity contribution is 0.0951. The summed E-state index contributed by atoms with van der Waals surface area (Å²) in [5.41, 5.74) is 2.51. The molecule has 2 N–H and O–H groups in total. The molecule has 0 bridgehead atoms. The Hall–Kier alpha value is -3.48. The second-order valence-electron chi connectivity index (χ2n) is 7.66. The van der Waals surface area contributed by atoms with Gasteiger partial charge in [0.15, 0.2) is 0 Å². The maximum atomic E-state index is 12.9. The Balaban J connectivity index is 1.48. The van der Waals surface area contributed by atoms with Gasteiger partial charge in [-0.15, -0.1) is 0 Å². The van der Waals surface area contributed by atoms with Crippen molar-refractivity contribution in [2.75, 3.05) is 29.9 Å². The first-order valence-electron chi connectivity index (χ1n) is 10.9. The van der Waals surface area contributed by atoms with Crippen molar-refractivity contribution in [1.29, 1.82) is 0 Å². The molecule has 1 aliphatic rings. The third-order valence-corrected chi connectivity index (χ3v) is 5.38. The maximum absolute atomic E-state index is 12.9. The molecule has 7 heteroatoms. The summed E-state index contributed by atoms with van der Waals surface area (Å²) in [6.45, 7) is 3.09. The minimum Gasteiger partial charge on any atom is -0.369 e. The molecule has 4 rings (SSSR count). The Kier molecular flexibility index (Phi) is 7.05. The number of nitrogens with one attached hydrogen (secondary N) is 2. The van der Waals surface area contributed by atoms with Gasteiger partial charge in [-0.25, -0.2) is 4.98 Å². The van der Waals surface area contributed by atoms with Crippen LogP contribution in [0.2, 0.25) is 0 Å². The molecule has 1 fully saturated rings. The Morgan fingerprint density at radius 3 is 2.68 bits per heavy atom. The van der Waals surface area contributed by atoms with Crippen molar-refractivity contribution < 1.29 is 4.79 Å². The minimum absolute atomic E-state index is 0.151. The van der Waals surface area contributed by atoms with Gasteiger partial charge in [0.1, 0.15) is 11.6 Å². The van der Waals surface area contributed by atoms with Gasteiger partial charge in [0.25, 0.3) is 5.91 Å². The summed E-state index contributed by atoms with van der Waals surface area (Å²) in [4.78, 5) is 28.5. The molecule has 1 saturated heterocycles. The molecule has 160 valence electrons. The number of anilines is 2. The number of pyridine rings is 3. The molecule has 31 heavy (non-hydrogen) atoms. The van der Waals surface area contributed by atoms with Crippen LogP contribution in [0, 0.1) is 0 Å². The van der Waals surface area contributed by atoms with E-state index in [1.54, 1.807) is 18.6 Å². The summed E-state index contributed by atoms with van der Waals surface area (Å²) < 4.78 is 0. The first-order chi connectivity index (χ1) is 15.3. The number of piperidine rings is 1. The third-order valence-electron chi connectivity index (χ3n) is 5.38. The lowest BCUT2D eigenvalue weighted by atomic mass is 10.1. The number of rotatable bonds is 8. The van der Waals surface area contributed by atoms with Gasteiger partial charge in [-0.05, 0) is 55.2 Å². The predicted molar refractivity (Wildman–Crippen MR) is 122 cm³/mol. The molecule has 0 unspecified atom stereocenters. The molecule has 0 aliphatic carbocycles. The number of aromatic nitrogens is 3. The van der Waals surface area contributed by atoms with Crippen molar-refractivity contribution in [2.24, 2.45) is 0 Å². The summed E-state index contributed by atoms with van der Waals surface area (Å²) in [5, 5.41) is 6.35. The van der Waals surface area contributed by atoms with E-state index in [-0.39, 0.29) is 5.91 Å². The SMILES string of the molecule is O=C(NCc1cccnc1)c1ccc(N2CCCCC2)nc1NCCc1ccccn1. The third kappa shape index (κ3) is 5.78. The Bertz CT molecular complexity index is 974. The molecule has 3 aromatic heterocycles. The number of hydrogen-bond acceptors (Lipinski definition) is 6. The van der Waals surface area contributed by atoms with Gasteiger partial charge in [-0.2, -0.15) is 0 Å². The number of nitrogens with zero attached hydrogens (tertiary/aromatic N) is 4. The number of carbonyl (C=O) groups is 1. The second-order valence-corrected chi connectivity index (χ2v) is 7.66. The molecule has 0 atom stereocenters. The molecule has 7 nitrogen and oxygen atoms in total. The van der Waals surface area contributed by atoms with Gasteiger partial charge in [0.2, 0.25) is 0 Å². The van der Waals surface area contributed by atoms with Crippen molar-refractivity contribution in [3.63, 3.8) is 0 Å². The lowest BCUT2D eigenvalue weighted by Crippen LogP contribution is -2.31. The zero-order valence-electron chi connectivity index (χ0n) is 17.6. The largest absolute Gasteiger partial charge is 0.369 e. The summed E-state index contributed by atoms with van der Waals surface area (Å²) >= 11 is 0. The van der Waals surface area contributed by atoms with Gasteiger partial charge < -0.3 is 15.5 Å². The highest BCUT2D eigenvalue weighted by atomic mass is 16.1. The molecule has 0 spiro atoms. The van der Waals surface area contributed by atoms with Crippen LogP contribution in [0.15, 0.2) is 61.1 Å². The fourth-order valence-electron chi connectivity index (χ4n) is 3.70. The standard InChI is InChI=1S/C24H28N6O/c31-24(28-18-19-7-6-12-25-17-19)21-9-10-22(30-15-4-1-5-16-30)29-23(21)27-14-11-20-8-2-3-13-26-20/h2-3,6-10,12-13,17H,1,4-5,11,14-16,18H2,(H,27,29)(H,28,31). The highest BCUT2D eigenvalue weighted by Gasteiger charge is 2.17. The van der Waals surface area contributed by atoms with E-state index in [0.29, 0.717) is 24.5 Å². The quantitative estimate of drug-likeness (QED) is 0.585. The van der Waals surface area contributed by atoms with Gasteiger partial charge in [0.05, 0.1) is 5.56 Å². The van der Waals surface area contributed by atoms with E-state index in [9.17, 15) is 4.79 Å². The minimum atomic E-state index is -0.151. The summed E-state index contributed by atoms with van der Waals surface area (Å²) in [6.07, 6.45) is 9.65. The lowest BCUT2D eigenvalue weighted by Gasteiger charge is -2.28. The Morgan fingerprint density at radius 1 is 1.00 bits per heavy atom. The number of hydrogen-bond donors (Lipinski definition) is 2. The fraction of sp³-hybridized carbons (Fsp3) is 0.333. The van der Waals surface area contributed by atoms with Crippen molar-refractivity contribution >= 4 is 17.5 Å². The van der Waals surface area contributed by atoms with Gasteiger partial charge >= 0.3 is 0 Å². The van der Waals surface area contributed by atoms with Crippen LogP contribution in [0.1, 0.15) is 40.9 Å². The van der Waals surface area contributed by atoms with Gasteiger partial charge in [0, 0.05) is 56.9 Å². The summed E-state index contributed by atoms with van der Waals surface area (Å²) in [6, 6.07) is 13.5. The predicted octanol–water partition coefficient (Wildman–Crippen LogP) is 3.45. The van der Waals surface area contributed by atoms with Crippen LogP contribution in [0.5, 0.6) is 0 Å². The van der Waals surface area contributed by atoms with E-state index in [1.807, 2.05) is 42.5 Å². The van der Waals surface area contributed by atoms with E-state index < -0.39 is 0 Å². The van der Waals surface area contributed by atoms with Gasteiger partial charge in [-0.1, -0.05) is 12.1 Å². The molecule has 0 aromatic carbocycles. The molecule has 3 aromatic rings. The van der Waals surface area contributed by atoms with Gasteiger partial charge in [-0.3, -0.25) is 14.8 Å². The van der Waals surface area contributed by atoms with E-state index >= 15 is 0 Å². The zero-order chi connectivity index (χ0) is 21.3. The smallest absolute Gasteiger partial charge is 0.255 e. The molecular formula is C24H28N6O. The molecular weight excluding hydrogens is 388 g/mol. The van der Waals surface area contributed by atoms with Crippen molar-refractivity contribution in [2.45, 2.75) is 32.2 Å². The maximum Gasteiger partial charge on any atom is 0.255 e. The van der Waals surface area contributed by atoms with E-state index in [4.69, 9.17) is 4.98 Å². The highest BCUT2D eigenvalue weighted by Crippen LogP contribution is 2.22. The number of amides is 1. The highest BCUT2D eigenvalue weighted by molar-refractivity contribution is 5.99. The van der Waals surface area contributed by atoms with Crippen LogP contribution in [-0.2, 0) is 13.0 Å². The topological polar surface area (TPSA) is 83.0 Å². The molecule has 4 heterocycles. The Labute approximate surface area is 183 Å². The first-order valence-corrected chi connectivity index (χ1v) is 10.9. The second kappa shape index (κ2) is 10.5. The van der Waals surface area contributed by atoms with Crippen LogP contribution < -0.4 is 15.5 Å². The van der Waals surface area contributed by atoms with E-state index in [1.165, 1.54) is 19.3 Å². The molecule has 0 radical (unpaired) electrons. The first kappa shape index (κ1) is 20.8. The average Bonchev–Trinajstić information content (AvgIpc) is 2.84. The fourth-order valence-corrected chi connectivity index (χ4v) is 3.70. The molecule has 1 amide bonds. The van der Waals surface area contributed by atoms with Crippen molar-refractivity contribution in [1.82, 2.24) is 20.3 Å². The zero-order valence-corrected chi connectivity index (χ0v) is 17.6. The van der Waals surface area contributed by atoms with E-state index in [0.717, 1.165) is 36.6 Å². The van der Waals surface area contributed by atoms with Crippen LogP contribution in [-0.4, -0.2) is 40.5 Å². The van der Waals surface area contributed by atoms with Crippen molar-refractivity contribution in [3.8, 4) is 0 Å². The van der Waals surface area contributed by atoms with Crippen LogP contribution in [0.3, 0.4) is 0 Å². The summed E-state index contributed by atoms with van der Waals surface area (Å²) in [5.74, 6) is 1.38. The Morgan fingerprint density at radius 2 is 1.90 bits per heavy atom.